The van der Waals surface area contributed by atoms with Gasteiger partial charge in [0.05, 0.1) is 18.7 Å². The molecule has 0 amide bonds. The van der Waals surface area contributed by atoms with Crippen molar-refractivity contribution in [1.29, 1.82) is 0 Å². The molecule has 1 fully saturated rings. The summed E-state index contributed by atoms with van der Waals surface area (Å²) in [5.74, 6) is 0.266. The summed E-state index contributed by atoms with van der Waals surface area (Å²) in [6.07, 6.45) is 2.22. The van der Waals surface area contributed by atoms with Crippen molar-refractivity contribution in [3.05, 3.63) is 29.3 Å². The van der Waals surface area contributed by atoms with Crippen molar-refractivity contribution in [2.75, 3.05) is 7.11 Å². The monoisotopic (exact) mass is 306 g/mol. The number of methoxy groups -OCH3 is 1. The molecule has 1 N–H and O–H groups in total. The van der Waals surface area contributed by atoms with Gasteiger partial charge in [-0.1, -0.05) is 11.8 Å². The Morgan fingerprint density at radius 3 is 3.00 bits per heavy atom. The lowest BCUT2D eigenvalue weighted by Gasteiger charge is -2.09. The lowest BCUT2D eigenvalue weighted by Crippen LogP contribution is -2.01. The summed E-state index contributed by atoms with van der Waals surface area (Å²) in [7, 11) is 1.57. The van der Waals surface area contributed by atoms with Crippen molar-refractivity contribution in [1.82, 2.24) is 20.2 Å². The predicted molar refractivity (Wildman–Crippen MR) is 75.6 cm³/mol. The summed E-state index contributed by atoms with van der Waals surface area (Å²) in [6, 6.07) is 5.24. The van der Waals surface area contributed by atoms with Crippen molar-refractivity contribution >= 4 is 17.7 Å². The minimum absolute atomic E-state index is 0.244. The maximum atomic E-state index is 11.1. The van der Waals surface area contributed by atoms with Crippen LogP contribution in [0.2, 0.25) is 0 Å². The predicted octanol–water partition coefficient (Wildman–Crippen LogP) is 2.01. The molecule has 1 aromatic heterocycles. The van der Waals surface area contributed by atoms with Crippen LogP contribution >= 0.6 is 11.8 Å². The number of aromatic nitrogens is 4. The Labute approximate surface area is 125 Å². The highest BCUT2D eigenvalue weighted by Crippen LogP contribution is 2.37. The van der Waals surface area contributed by atoms with E-state index in [-0.39, 0.29) is 5.56 Å². The minimum atomic E-state index is -0.952. The Bertz CT molecular complexity index is 669. The molecule has 0 unspecified atom stereocenters. The van der Waals surface area contributed by atoms with Gasteiger partial charge in [-0.3, -0.25) is 0 Å². The number of carboxylic acids is 1. The average Bonchev–Trinajstić information content (AvgIpc) is 3.23. The molecule has 0 spiro atoms. The quantitative estimate of drug-likeness (QED) is 0.816. The Morgan fingerprint density at radius 2 is 2.33 bits per heavy atom. The number of hydrogen-bond donors (Lipinski definition) is 1. The molecule has 0 radical (unpaired) electrons. The zero-order valence-corrected chi connectivity index (χ0v) is 12.2. The fourth-order valence-corrected chi connectivity index (χ4v) is 2.92. The number of carbonyl (C=O) groups is 1. The molecule has 21 heavy (non-hydrogen) atoms. The van der Waals surface area contributed by atoms with Gasteiger partial charge in [0.25, 0.3) is 0 Å². The number of rotatable bonds is 6. The summed E-state index contributed by atoms with van der Waals surface area (Å²) in [5, 5.41) is 21.5. The number of aromatic carboxylic acids is 1. The van der Waals surface area contributed by atoms with Crippen LogP contribution in [-0.4, -0.2) is 38.4 Å². The van der Waals surface area contributed by atoms with E-state index in [0.717, 1.165) is 23.6 Å². The van der Waals surface area contributed by atoms with E-state index in [4.69, 9.17) is 9.84 Å². The van der Waals surface area contributed by atoms with E-state index < -0.39 is 5.97 Å². The molecule has 3 rings (SSSR count). The Balaban J connectivity index is 1.78. The van der Waals surface area contributed by atoms with Gasteiger partial charge in [0.1, 0.15) is 5.75 Å². The van der Waals surface area contributed by atoms with Crippen LogP contribution in [0.4, 0.5) is 0 Å². The molecule has 0 bridgehead atoms. The van der Waals surface area contributed by atoms with Crippen LogP contribution in [0.25, 0.3) is 0 Å². The van der Waals surface area contributed by atoms with E-state index in [9.17, 15) is 4.79 Å². The van der Waals surface area contributed by atoms with Crippen LogP contribution in [0.15, 0.2) is 23.4 Å². The van der Waals surface area contributed by atoms with E-state index in [1.165, 1.54) is 17.8 Å². The molecule has 8 heteroatoms. The highest BCUT2D eigenvalue weighted by molar-refractivity contribution is 7.98. The maximum absolute atomic E-state index is 11.1. The number of carboxylic acid groups (broad SMARTS) is 1. The van der Waals surface area contributed by atoms with Gasteiger partial charge in [-0.2, -0.15) is 0 Å². The number of tetrazole rings is 1. The van der Waals surface area contributed by atoms with E-state index in [1.54, 1.807) is 19.2 Å². The molecule has 1 heterocycles. The van der Waals surface area contributed by atoms with Crippen LogP contribution in [0.1, 0.15) is 34.8 Å². The van der Waals surface area contributed by atoms with Gasteiger partial charge in [0.15, 0.2) is 0 Å². The molecule has 1 aliphatic carbocycles. The lowest BCUT2D eigenvalue weighted by atomic mass is 10.1. The van der Waals surface area contributed by atoms with Gasteiger partial charge in [-0.25, -0.2) is 9.48 Å². The molecular formula is C13H14N4O3S. The number of thioether (sulfide) groups is 1. The van der Waals surface area contributed by atoms with Crippen LogP contribution in [0.5, 0.6) is 5.75 Å². The number of nitrogens with zero attached hydrogens (tertiary/aromatic N) is 4. The standard InChI is InChI=1S/C13H14N4O3S/c1-20-11-5-2-8(12(18)19)6-9(11)7-21-13-14-15-16-17(13)10-3-4-10/h2,5-6,10H,3-4,7H2,1H3,(H,18,19). The second-order valence-corrected chi connectivity index (χ2v) is 5.70. The number of ether oxygens (including phenoxy) is 1. The van der Waals surface area contributed by atoms with Gasteiger partial charge < -0.3 is 9.84 Å². The summed E-state index contributed by atoms with van der Waals surface area (Å²) >= 11 is 1.48. The normalized spacial score (nSPS) is 14.1. The van der Waals surface area contributed by atoms with Gasteiger partial charge in [-0.15, -0.1) is 5.10 Å². The van der Waals surface area contributed by atoms with E-state index in [2.05, 4.69) is 15.5 Å². The second-order valence-electron chi connectivity index (χ2n) is 4.76. The first-order valence-corrected chi connectivity index (χ1v) is 7.48. The summed E-state index contributed by atoms with van der Waals surface area (Å²) < 4.78 is 7.11. The van der Waals surface area contributed by atoms with Crippen molar-refractivity contribution < 1.29 is 14.6 Å². The molecule has 0 aliphatic heterocycles. The first-order valence-electron chi connectivity index (χ1n) is 6.50. The van der Waals surface area contributed by atoms with Gasteiger partial charge in [0, 0.05) is 11.3 Å². The minimum Gasteiger partial charge on any atom is -0.496 e. The topological polar surface area (TPSA) is 90.1 Å². The summed E-state index contributed by atoms with van der Waals surface area (Å²) in [6.45, 7) is 0. The SMILES string of the molecule is COc1ccc(C(=O)O)cc1CSc1nnnn1C1CC1. The van der Waals surface area contributed by atoms with Gasteiger partial charge in [-0.05, 0) is 41.5 Å². The molecular weight excluding hydrogens is 292 g/mol. The smallest absolute Gasteiger partial charge is 0.335 e. The van der Waals surface area contributed by atoms with Crippen molar-refractivity contribution in [3.8, 4) is 5.75 Å². The Hall–Kier alpha value is -2.09. The highest BCUT2D eigenvalue weighted by atomic mass is 32.2. The van der Waals surface area contributed by atoms with Crippen molar-refractivity contribution in [2.24, 2.45) is 0 Å². The van der Waals surface area contributed by atoms with Crippen molar-refractivity contribution in [3.63, 3.8) is 0 Å². The largest absolute Gasteiger partial charge is 0.496 e. The van der Waals surface area contributed by atoms with Gasteiger partial charge in [0.2, 0.25) is 5.16 Å². The lowest BCUT2D eigenvalue weighted by molar-refractivity contribution is 0.0696. The molecule has 7 nitrogen and oxygen atoms in total. The van der Waals surface area contributed by atoms with Crippen LogP contribution in [0.3, 0.4) is 0 Å². The number of hydrogen-bond acceptors (Lipinski definition) is 6. The fourth-order valence-electron chi connectivity index (χ4n) is 2.00. The molecule has 0 atom stereocenters. The first kappa shape index (κ1) is 13.9. The third-order valence-electron chi connectivity index (χ3n) is 3.24. The zero-order chi connectivity index (χ0) is 14.8. The first-order chi connectivity index (χ1) is 10.2. The third kappa shape index (κ3) is 2.99. The van der Waals surface area contributed by atoms with E-state index in [1.807, 2.05) is 4.68 Å². The van der Waals surface area contributed by atoms with Crippen molar-refractivity contribution in [2.45, 2.75) is 29.8 Å². The summed E-state index contributed by atoms with van der Waals surface area (Å²) in [5.41, 5.74) is 1.06. The average molecular weight is 306 g/mol. The molecule has 110 valence electrons. The van der Waals surface area contributed by atoms with Crippen LogP contribution in [0, 0.1) is 0 Å². The molecule has 0 saturated heterocycles. The summed E-state index contributed by atoms with van der Waals surface area (Å²) in [4.78, 5) is 11.1. The Morgan fingerprint density at radius 1 is 1.52 bits per heavy atom. The zero-order valence-electron chi connectivity index (χ0n) is 11.4. The number of benzene rings is 1. The molecule has 1 saturated carbocycles. The molecule has 2 aromatic rings. The van der Waals surface area contributed by atoms with E-state index in [0.29, 0.717) is 17.5 Å². The second kappa shape index (κ2) is 5.72. The molecule has 1 aromatic carbocycles. The highest BCUT2D eigenvalue weighted by Gasteiger charge is 2.28. The molecule has 1 aliphatic rings. The van der Waals surface area contributed by atoms with E-state index >= 15 is 0 Å². The third-order valence-corrected chi connectivity index (χ3v) is 4.22. The fraction of sp³-hybridized carbons (Fsp3) is 0.385. The maximum Gasteiger partial charge on any atom is 0.335 e. The van der Waals surface area contributed by atoms with Crippen LogP contribution in [-0.2, 0) is 5.75 Å². The van der Waals surface area contributed by atoms with Gasteiger partial charge >= 0.3 is 5.97 Å². The Kier molecular flexibility index (Phi) is 3.78. The van der Waals surface area contributed by atoms with Crippen LogP contribution < -0.4 is 4.74 Å².